The van der Waals surface area contributed by atoms with Crippen LogP contribution >= 0.6 is 0 Å². The molecule has 0 unspecified atom stereocenters. The van der Waals surface area contributed by atoms with Crippen molar-refractivity contribution in [2.75, 3.05) is 31.2 Å². The van der Waals surface area contributed by atoms with E-state index in [4.69, 9.17) is 9.47 Å². The van der Waals surface area contributed by atoms with Crippen LogP contribution in [0, 0.1) is 6.92 Å². The Labute approximate surface area is 126 Å². The summed E-state index contributed by atoms with van der Waals surface area (Å²) in [4.78, 5) is 2.34. The summed E-state index contributed by atoms with van der Waals surface area (Å²) in [6.07, 6.45) is 0. The molecule has 0 saturated carbocycles. The van der Waals surface area contributed by atoms with Gasteiger partial charge in [0, 0.05) is 13.1 Å². The largest absolute Gasteiger partial charge is 0.486 e. The summed E-state index contributed by atoms with van der Waals surface area (Å²) < 4.78 is 11.6. The van der Waals surface area contributed by atoms with Gasteiger partial charge in [-0.25, -0.2) is 0 Å². The molecule has 2 aromatic carbocycles. The first-order chi connectivity index (χ1) is 10.3. The number of anilines is 1. The molecule has 3 heteroatoms. The van der Waals surface area contributed by atoms with Crippen LogP contribution in [0.25, 0.3) is 0 Å². The van der Waals surface area contributed by atoms with Gasteiger partial charge in [0.25, 0.3) is 0 Å². The van der Waals surface area contributed by atoms with Crippen molar-refractivity contribution in [3.05, 3.63) is 59.7 Å². The van der Waals surface area contributed by atoms with Crippen molar-refractivity contribution < 1.29 is 9.47 Å². The van der Waals surface area contributed by atoms with Gasteiger partial charge in [-0.1, -0.05) is 42.5 Å². The summed E-state index contributed by atoms with van der Waals surface area (Å²) in [7, 11) is 0. The Hall–Kier alpha value is -2.00. The van der Waals surface area contributed by atoms with Gasteiger partial charge >= 0.3 is 0 Å². The molecule has 0 spiro atoms. The van der Waals surface area contributed by atoms with Crippen LogP contribution in [0.3, 0.4) is 0 Å². The zero-order valence-electron chi connectivity index (χ0n) is 12.4. The molecule has 0 amide bonds. The zero-order chi connectivity index (χ0) is 14.5. The van der Waals surface area contributed by atoms with Gasteiger partial charge in [0.2, 0.25) is 0 Å². The van der Waals surface area contributed by atoms with Crippen LogP contribution in [0.4, 0.5) is 5.69 Å². The lowest BCUT2D eigenvalue weighted by Gasteiger charge is -2.30. The number of nitrogens with zero attached hydrogens (tertiary/aromatic N) is 1. The average Bonchev–Trinajstić information content (AvgIpc) is 2.55. The van der Waals surface area contributed by atoms with E-state index in [1.54, 1.807) is 0 Å². The highest BCUT2D eigenvalue weighted by Gasteiger charge is 2.17. The van der Waals surface area contributed by atoms with Crippen LogP contribution in [-0.2, 0) is 11.3 Å². The molecule has 3 rings (SSSR count). The van der Waals surface area contributed by atoms with Crippen molar-refractivity contribution in [3.63, 3.8) is 0 Å². The Morgan fingerprint density at radius 2 is 1.76 bits per heavy atom. The highest BCUT2D eigenvalue weighted by Crippen LogP contribution is 2.32. The number of hydrogen-bond donors (Lipinski definition) is 0. The molecule has 1 heterocycles. The second-order valence-electron chi connectivity index (χ2n) is 5.30. The molecule has 0 bridgehead atoms. The monoisotopic (exact) mass is 283 g/mol. The number of ether oxygens (including phenoxy) is 2. The number of aryl methyl sites for hydroxylation is 1. The lowest BCUT2D eigenvalue weighted by Crippen LogP contribution is -2.36. The van der Waals surface area contributed by atoms with Gasteiger partial charge in [0.1, 0.15) is 12.4 Å². The summed E-state index contributed by atoms with van der Waals surface area (Å²) in [6.45, 7) is 6.11. The maximum Gasteiger partial charge on any atom is 0.146 e. The first-order valence-corrected chi connectivity index (χ1v) is 7.43. The van der Waals surface area contributed by atoms with Gasteiger partial charge in [-0.3, -0.25) is 0 Å². The van der Waals surface area contributed by atoms with Crippen molar-refractivity contribution in [3.8, 4) is 5.75 Å². The highest BCUT2D eigenvalue weighted by molar-refractivity contribution is 5.62. The lowest BCUT2D eigenvalue weighted by atomic mass is 10.1. The van der Waals surface area contributed by atoms with Crippen molar-refractivity contribution in [2.24, 2.45) is 0 Å². The molecule has 0 N–H and O–H groups in total. The minimum atomic E-state index is 0.600. The fraction of sp³-hybridized carbons (Fsp3) is 0.333. The predicted molar refractivity (Wildman–Crippen MR) is 85.0 cm³/mol. The Morgan fingerprint density at radius 3 is 2.52 bits per heavy atom. The van der Waals surface area contributed by atoms with Crippen molar-refractivity contribution in [2.45, 2.75) is 13.5 Å². The fourth-order valence-electron chi connectivity index (χ4n) is 2.61. The molecule has 0 aromatic heterocycles. The smallest absolute Gasteiger partial charge is 0.146 e. The third-order valence-electron chi connectivity index (χ3n) is 3.77. The molecule has 3 nitrogen and oxygen atoms in total. The number of rotatable bonds is 4. The summed E-state index contributed by atoms with van der Waals surface area (Å²) in [5, 5.41) is 0. The van der Waals surface area contributed by atoms with Crippen LogP contribution in [-0.4, -0.2) is 26.3 Å². The Balaban J connectivity index is 1.79. The van der Waals surface area contributed by atoms with E-state index in [0.717, 1.165) is 32.1 Å². The first-order valence-electron chi connectivity index (χ1n) is 7.43. The van der Waals surface area contributed by atoms with E-state index >= 15 is 0 Å². The highest BCUT2D eigenvalue weighted by atomic mass is 16.5. The molecular formula is C18H21NO2. The van der Waals surface area contributed by atoms with Gasteiger partial charge in [0.05, 0.1) is 18.9 Å². The number of benzene rings is 2. The van der Waals surface area contributed by atoms with Crippen molar-refractivity contribution >= 4 is 5.69 Å². The standard InChI is InChI=1S/C18H21NO2/c1-15-6-5-9-17(19-10-12-20-13-11-19)18(15)21-14-16-7-3-2-4-8-16/h2-9H,10-14H2,1H3. The lowest BCUT2D eigenvalue weighted by molar-refractivity contribution is 0.122. The minimum Gasteiger partial charge on any atom is -0.486 e. The molecule has 1 saturated heterocycles. The van der Waals surface area contributed by atoms with E-state index in [1.807, 2.05) is 18.2 Å². The minimum absolute atomic E-state index is 0.600. The molecule has 1 fully saturated rings. The summed E-state index contributed by atoms with van der Waals surface area (Å²) in [5.41, 5.74) is 3.54. The third-order valence-corrected chi connectivity index (χ3v) is 3.77. The van der Waals surface area contributed by atoms with Gasteiger partial charge in [-0.2, -0.15) is 0 Å². The Kier molecular flexibility index (Phi) is 4.41. The van der Waals surface area contributed by atoms with Crippen LogP contribution in [0.1, 0.15) is 11.1 Å². The van der Waals surface area contributed by atoms with Gasteiger partial charge in [-0.15, -0.1) is 0 Å². The van der Waals surface area contributed by atoms with Crippen molar-refractivity contribution in [1.82, 2.24) is 0 Å². The zero-order valence-corrected chi connectivity index (χ0v) is 12.4. The maximum absolute atomic E-state index is 6.12. The van der Waals surface area contributed by atoms with Crippen LogP contribution in [0.5, 0.6) is 5.75 Å². The van der Waals surface area contributed by atoms with Crippen molar-refractivity contribution in [1.29, 1.82) is 0 Å². The Morgan fingerprint density at radius 1 is 1.00 bits per heavy atom. The van der Waals surface area contributed by atoms with E-state index in [0.29, 0.717) is 6.61 Å². The number of morpholine rings is 1. The van der Waals surface area contributed by atoms with E-state index in [2.05, 4.69) is 42.2 Å². The molecule has 0 aliphatic carbocycles. The first kappa shape index (κ1) is 14.0. The fourth-order valence-corrected chi connectivity index (χ4v) is 2.61. The maximum atomic E-state index is 6.12. The third kappa shape index (κ3) is 3.37. The van der Waals surface area contributed by atoms with Gasteiger partial charge in [0.15, 0.2) is 0 Å². The summed E-state index contributed by atoms with van der Waals surface area (Å²) >= 11 is 0. The molecular weight excluding hydrogens is 262 g/mol. The van der Waals surface area contributed by atoms with E-state index in [9.17, 15) is 0 Å². The summed E-state index contributed by atoms with van der Waals surface area (Å²) in [5.74, 6) is 0.989. The predicted octanol–water partition coefficient (Wildman–Crippen LogP) is 3.41. The quantitative estimate of drug-likeness (QED) is 0.858. The Bertz CT molecular complexity index is 577. The molecule has 1 aliphatic heterocycles. The molecule has 110 valence electrons. The van der Waals surface area contributed by atoms with Crippen LogP contribution in [0.2, 0.25) is 0 Å². The normalized spacial score (nSPS) is 15.0. The number of para-hydroxylation sites is 1. The molecule has 0 radical (unpaired) electrons. The number of hydrogen-bond acceptors (Lipinski definition) is 3. The second kappa shape index (κ2) is 6.64. The van der Waals surface area contributed by atoms with Crippen LogP contribution < -0.4 is 9.64 Å². The molecule has 0 atom stereocenters. The molecule has 2 aromatic rings. The van der Waals surface area contributed by atoms with Crippen LogP contribution in [0.15, 0.2) is 48.5 Å². The average molecular weight is 283 g/mol. The topological polar surface area (TPSA) is 21.7 Å². The van der Waals surface area contributed by atoms with E-state index in [1.165, 1.54) is 16.8 Å². The van der Waals surface area contributed by atoms with Gasteiger partial charge in [-0.05, 0) is 24.1 Å². The SMILES string of the molecule is Cc1cccc(N2CCOCC2)c1OCc1ccccc1. The second-order valence-corrected chi connectivity index (χ2v) is 5.30. The van der Waals surface area contributed by atoms with E-state index in [-0.39, 0.29) is 0 Å². The summed E-state index contributed by atoms with van der Waals surface area (Å²) in [6, 6.07) is 16.6. The molecule has 1 aliphatic rings. The van der Waals surface area contributed by atoms with Gasteiger partial charge < -0.3 is 14.4 Å². The van der Waals surface area contributed by atoms with E-state index < -0.39 is 0 Å². The molecule has 21 heavy (non-hydrogen) atoms.